The molecule has 2 heterocycles. The number of nitrogens with one attached hydrogen (secondary N) is 1. The van der Waals surface area contributed by atoms with Gasteiger partial charge in [0.25, 0.3) is 0 Å². The van der Waals surface area contributed by atoms with E-state index in [0.717, 1.165) is 28.8 Å². The number of carbonyl (C=O) groups excluding carboxylic acids is 1. The van der Waals surface area contributed by atoms with Crippen molar-refractivity contribution in [3.05, 3.63) is 54.0 Å². The van der Waals surface area contributed by atoms with Crippen molar-refractivity contribution in [3.8, 4) is 16.9 Å². The fourth-order valence-electron chi connectivity index (χ4n) is 1.96. The van der Waals surface area contributed by atoms with Crippen LogP contribution in [-0.4, -0.2) is 26.3 Å². The van der Waals surface area contributed by atoms with Crippen LogP contribution >= 0.6 is 0 Å². The van der Waals surface area contributed by atoms with Crippen molar-refractivity contribution < 1.29 is 4.79 Å². The van der Waals surface area contributed by atoms with Crippen LogP contribution < -0.4 is 0 Å². The summed E-state index contributed by atoms with van der Waals surface area (Å²) >= 11 is 0. The summed E-state index contributed by atoms with van der Waals surface area (Å²) in [6.07, 6.45) is 4.37. The molecule has 0 aliphatic carbocycles. The van der Waals surface area contributed by atoms with Crippen molar-refractivity contribution in [2.45, 2.75) is 6.92 Å². The molecule has 2 aromatic heterocycles. The molecular formula is C14H12N4O. The highest BCUT2D eigenvalue weighted by Crippen LogP contribution is 2.19. The van der Waals surface area contributed by atoms with Crippen molar-refractivity contribution in [2.24, 2.45) is 0 Å². The molecule has 94 valence electrons. The first-order valence-corrected chi connectivity index (χ1v) is 5.90. The zero-order chi connectivity index (χ0) is 13.2. The second-order valence-electron chi connectivity index (χ2n) is 4.30. The van der Waals surface area contributed by atoms with Gasteiger partial charge in [-0.1, -0.05) is 23.4 Å². The molecule has 0 fully saturated rings. The van der Waals surface area contributed by atoms with Gasteiger partial charge >= 0.3 is 0 Å². The van der Waals surface area contributed by atoms with Gasteiger partial charge in [0, 0.05) is 11.8 Å². The highest BCUT2D eigenvalue weighted by atomic mass is 16.1. The van der Waals surface area contributed by atoms with E-state index in [4.69, 9.17) is 0 Å². The summed E-state index contributed by atoms with van der Waals surface area (Å²) < 4.78 is 1.73. The Hall–Kier alpha value is -2.69. The summed E-state index contributed by atoms with van der Waals surface area (Å²) in [5.41, 5.74) is 4.23. The maximum absolute atomic E-state index is 10.6. The average Bonchev–Trinajstić information content (AvgIpc) is 3.08. The number of hydrogen-bond donors (Lipinski definition) is 1. The number of carbonyl (C=O) groups is 1. The molecule has 3 rings (SSSR count). The summed E-state index contributed by atoms with van der Waals surface area (Å²) in [4.78, 5) is 13.5. The Kier molecular flexibility index (Phi) is 2.72. The van der Waals surface area contributed by atoms with Crippen LogP contribution in [0.5, 0.6) is 0 Å². The third kappa shape index (κ3) is 2.06. The second kappa shape index (κ2) is 4.53. The number of H-pyrrole nitrogens is 1. The van der Waals surface area contributed by atoms with Gasteiger partial charge in [0.1, 0.15) is 5.69 Å². The molecule has 0 saturated heterocycles. The van der Waals surface area contributed by atoms with Crippen molar-refractivity contribution in [1.82, 2.24) is 20.0 Å². The second-order valence-corrected chi connectivity index (χ2v) is 4.30. The molecule has 3 aromatic rings. The van der Waals surface area contributed by atoms with Crippen molar-refractivity contribution >= 4 is 6.29 Å². The summed E-state index contributed by atoms with van der Waals surface area (Å²) in [5, 5.41) is 8.25. The van der Waals surface area contributed by atoms with Crippen LogP contribution in [0.2, 0.25) is 0 Å². The normalized spacial score (nSPS) is 10.6. The van der Waals surface area contributed by atoms with E-state index in [-0.39, 0.29) is 0 Å². The number of nitrogens with zero attached hydrogens (tertiary/aromatic N) is 3. The minimum atomic E-state index is 0.528. The first-order chi connectivity index (χ1) is 9.28. The van der Waals surface area contributed by atoms with E-state index in [1.165, 1.54) is 0 Å². The molecule has 1 N–H and O–H groups in total. The monoisotopic (exact) mass is 252 g/mol. The number of aryl methyl sites for hydroxylation is 1. The maximum Gasteiger partial charge on any atom is 0.166 e. The SMILES string of the molecule is Cc1ccccc1-n1cc(-c2c[nH]c(C=O)c2)nn1. The van der Waals surface area contributed by atoms with Crippen LogP contribution in [0, 0.1) is 6.92 Å². The van der Waals surface area contributed by atoms with Gasteiger partial charge in [0.05, 0.1) is 17.6 Å². The lowest BCUT2D eigenvalue weighted by atomic mass is 10.2. The standard InChI is InChI=1S/C14H12N4O/c1-10-4-2-3-5-14(10)18-8-13(16-17-18)11-6-12(9-19)15-7-11/h2-9,15H,1H3. The number of rotatable bonds is 3. The number of aromatic amines is 1. The van der Waals surface area contributed by atoms with Gasteiger partial charge in [-0.3, -0.25) is 4.79 Å². The zero-order valence-corrected chi connectivity index (χ0v) is 10.4. The molecule has 5 nitrogen and oxygen atoms in total. The van der Waals surface area contributed by atoms with Crippen LogP contribution in [0.25, 0.3) is 16.9 Å². The van der Waals surface area contributed by atoms with Crippen LogP contribution in [-0.2, 0) is 0 Å². The highest BCUT2D eigenvalue weighted by Gasteiger charge is 2.08. The van der Waals surface area contributed by atoms with E-state index in [0.29, 0.717) is 5.69 Å². The number of aldehydes is 1. The molecule has 0 saturated carbocycles. The first kappa shape index (κ1) is 11.4. The Morgan fingerprint density at radius 1 is 1.32 bits per heavy atom. The molecule has 0 spiro atoms. The highest BCUT2D eigenvalue weighted by molar-refractivity contribution is 5.76. The van der Waals surface area contributed by atoms with Crippen LogP contribution in [0.3, 0.4) is 0 Å². The summed E-state index contributed by atoms with van der Waals surface area (Å²) in [6.45, 7) is 2.03. The number of benzene rings is 1. The van der Waals surface area contributed by atoms with E-state index < -0.39 is 0 Å². The lowest BCUT2D eigenvalue weighted by Crippen LogP contribution is -1.96. The molecule has 19 heavy (non-hydrogen) atoms. The van der Waals surface area contributed by atoms with E-state index in [1.807, 2.05) is 37.4 Å². The molecule has 5 heteroatoms. The zero-order valence-electron chi connectivity index (χ0n) is 10.4. The van der Waals surface area contributed by atoms with Gasteiger partial charge in [-0.2, -0.15) is 0 Å². The third-order valence-electron chi connectivity index (χ3n) is 2.98. The average molecular weight is 252 g/mol. The van der Waals surface area contributed by atoms with Crippen LogP contribution in [0.15, 0.2) is 42.7 Å². The molecule has 1 aromatic carbocycles. The van der Waals surface area contributed by atoms with Gasteiger partial charge < -0.3 is 4.98 Å². The van der Waals surface area contributed by atoms with Gasteiger partial charge in [-0.15, -0.1) is 5.10 Å². The maximum atomic E-state index is 10.6. The number of para-hydroxylation sites is 1. The van der Waals surface area contributed by atoms with Crippen molar-refractivity contribution in [2.75, 3.05) is 0 Å². The molecule has 0 amide bonds. The minimum absolute atomic E-state index is 0.528. The fourth-order valence-corrected chi connectivity index (χ4v) is 1.96. The topological polar surface area (TPSA) is 63.6 Å². The Labute approximate surface area is 109 Å². The lowest BCUT2D eigenvalue weighted by molar-refractivity contribution is 0.111. The Bertz CT molecular complexity index is 726. The van der Waals surface area contributed by atoms with Crippen molar-refractivity contribution in [3.63, 3.8) is 0 Å². The first-order valence-electron chi connectivity index (χ1n) is 5.90. The Balaban J connectivity index is 2.00. The Morgan fingerprint density at radius 3 is 2.89 bits per heavy atom. The molecular weight excluding hydrogens is 240 g/mol. The molecule has 0 atom stereocenters. The van der Waals surface area contributed by atoms with Gasteiger partial charge in [-0.25, -0.2) is 4.68 Å². The fraction of sp³-hybridized carbons (Fsp3) is 0.0714. The van der Waals surface area contributed by atoms with Gasteiger partial charge in [0.2, 0.25) is 0 Å². The largest absolute Gasteiger partial charge is 0.358 e. The molecule has 0 aliphatic rings. The summed E-state index contributed by atoms with van der Waals surface area (Å²) in [7, 11) is 0. The number of aromatic nitrogens is 4. The summed E-state index contributed by atoms with van der Waals surface area (Å²) in [6, 6.07) is 9.71. The van der Waals surface area contributed by atoms with E-state index in [1.54, 1.807) is 16.9 Å². The molecule has 0 unspecified atom stereocenters. The molecule has 0 radical (unpaired) electrons. The summed E-state index contributed by atoms with van der Waals surface area (Å²) in [5.74, 6) is 0. The van der Waals surface area contributed by atoms with E-state index in [2.05, 4.69) is 15.3 Å². The smallest absolute Gasteiger partial charge is 0.166 e. The van der Waals surface area contributed by atoms with Gasteiger partial charge in [0.15, 0.2) is 6.29 Å². The third-order valence-corrected chi connectivity index (χ3v) is 2.98. The minimum Gasteiger partial charge on any atom is -0.358 e. The Morgan fingerprint density at radius 2 is 2.16 bits per heavy atom. The van der Waals surface area contributed by atoms with Crippen molar-refractivity contribution in [1.29, 1.82) is 0 Å². The van der Waals surface area contributed by atoms with Crippen LogP contribution in [0.1, 0.15) is 16.1 Å². The predicted molar refractivity (Wildman–Crippen MR) is 71.3 cm³/mol. The quantitative estimate of drug-likeness (QED) is 0.728. The predicted octanol–water partition coefficient (Wildman–Crippen LogP) is 2.38. The number of hydrogen-bond acceptors (Lipinski definition) is 3. The van der Waals surface area contributed by atoms with E-state index >= 15 is 0 Å². The van der Waals surface area contributed by atoms with E-state index in [9.17, 15) is 4.79 Å². The lowest BCUT2D eigenvalue weighted by Gasteiger charge is -2.02. The molecule has 0 aliphatic heterocycles. The van der Waals surface area contributed by atoms with Crippen LogP contribution in [0.4, 0.5) is 0 Å². The van der Waals surface area contributed by atoms with Gasteiger partial charge in [-0.05, 0) is 24.6 Å². The molecule has 0 bridgehead atoms.